The average molecular weight is 615 g/mol. The van der Waals surface area contributed by atoms with Gasteiger partial charge in [0, 0.05) is 19.7 Å². The largest absolute Gasteiger partial charge is 0.464 e. The van der Waals surface area contributed by atoms with Gasteiger partial charge in [0.2, 0.25) is 15.9 Å². The van der Waals surface area contributed by atoms with Crippen molar-refractivity contribution in [3.8, 4) is 0 Å². The lowest BCUT2D eigenvalue weighted by atomic mass is 10.1. The summed E-state index contributed by atoms with van der Waals surface area (Å²) in [6, 6.07) is 24.8. The third-order valence-corrected chi connectivity index (χ3v) is 9.66. The number of fused-ring (bicyclic) bond motifs is 2. The summed E-state index contributed by atoms with van der Waals surface area (Å²) >= 11 is 0. The van der Waals surface area contributed by atoms with E-state index < -0.39 is 28.3 Å². The molecule has 0 radical (unpaired) electrons. The van der Waals surface area contributed by atoms with Crippen molar-refractivity contribution in [2.45, 2.75) is 36.9 Å². The van der Waals surface area contributed by atoms with Crippen molar-refractivity contribution in [3.63, 3.8) is 0 Å². The van der Waals surface area contributed by atoms with E-state index in [0.29, 0.717) is 29.6 Å². The Morgan fingerprint density at radius 1 is 0.909 bits per heavy atom. The minimum absolute atomic E-state index is 0.00337. The number of benzene rings is 4. The minimum Gasteiger partial charge on any atom is -0.464 e. The van der Waals surface area contributed by atoms with E-state index in [1.807, 2.05) is 24.3 Å². The highest BCUT2D eigenvalue weighted by Gasteiger charge is 2.32. The smallest absolute Gasteiger partial charge is 0.243 e. The van der Waals surface area contributed by atoms with Crippen LogP contribution in [0.2, 0.25) is 0 Å². The highest BCUT2D eigenvalue weighted by molar-refractivity contribution is 7.89. The van der Waals surface area contributed by atoms with Gasteiger partial charge in [-0.05, 0) is 65.6 Å². The van der Waals surface area contributed by atoms with Crippen LogP contribution in [0.5, 0.6) is 0 Å². The fourth-order valence-electron chi connectivity index (χ4n) is 5.47. The number of para-hydroxylation sites is 1. The van der Waals surface area contributed by atoms with Crippen molar-refractivity contribution >= 4 is 37.7 Å². The molecule has 8 nitrogen and oxygen atoms in total. The molecule has 0 unspecified atom stereocenters. The number of carbonyl (C=O) groups is 1. The molecule has 1 fully saturated rings. The van der Waals surface area contributed by atoms with E-state index in [-0.39, 0.29) is 41.6 Å². The van der Waals surface area contributed by atoms with E-state index in [1.165, 1.54) is 23.3 Å². The highest BCUT2D eigenvalue weighted by atomic mass is 32.2. The Bertz CT molecular complexity index is 1970. The first-order chi connectivity index (χ1) is 21.3. The average Bonchev–Trinajstić information content (AvgIpc) is 3.56. The molecule has 0 aliphatic carbocycles. The molecule has 0 spiro atoms. The molecule has 1 aliphatic heterocycles. The Labute approximate surface area is 254 Å². The molecule has 44 heavy (non-hydrogen) atoms. The molecule has 5 aromatic rings. The number of amides is 1. The number of hydrogen-bond donors (Lipinski definition) is 0. The predicted octanol–water partition coefficient (Wildman–Crippen LogP) is 5.48. The molecule has 4 aromatic carbocycles. The third kappa shape index (κ3) is 6.42. The van der Waals surface area contributed by atoms with Gasteiger partial charge in [0.15, 0.2) is 5.43 Å². The van der Waals surface area contributed by atoms with Crippen LogP contribution in [0.4, 0.5) is 4.39 Å². The second kappa shape index (κ2) is 12.7. The molecule has 10 heteroatoms. The van der Waals surface area contributed by atoms with Crippen molar-refractivity contribution in [3.05, 3.63) is 124 Å². The molecule has 2 heterocycles. The SMILES string of the molecule is O=C(CN(C[C@@H]1CCCO1)S(=O)(=O)c1ccc2ccccc2c1)N(Cc1ccc(F)cc1)Cc1coc2ccccc2c1=O. The van der Waals surface area contributed by atoms with Gasteiger partial charge in [-0.2, -0.15) is 4.31 Å². The lowest BCUT2D eigenvalue weighted by molar-refractivity contribution is -0.132. The van der Waals surface area contributed by atoms with Crippen LogP contribution >= 0.6 is 0 Å². The van der Waals surface area contributed by atoms with E-state index in [9.17, 15) is 22.4 Å². The van der Waals surface area contributed by atoms with Crippen molar-refractivity contribution in [2.24, 2.45) is 0 Å². The number of carbonyl (C=O) groups excluding carboxylic acids is 1. The molecule has 1 aromatic heterocycles. The molecule has 1 atom stereocenters. The standard InChI is InChI=1S/C34H31FN2O6S/c35-28-14-11-24(12-15-28)19-36(20-27-23-43-32-10-4-3-9-31(32)34(27)39)33(38)22-37(21-29-8-5-17-42-29)44(40,41)30-16-13-25-6-1-2-7-26(25)18-30/h1-4,6-7,9-16,18,23,29H,5,8,17,19-22H2/t29-/m0/s1. The quantitative estimate of drug-likeness (QED) is 0.207. The summed E-state index contributed by atoms with van der Waals surface area (Å²) in [5, 5.41) is 2.03. The molecule has 0 N–H and O–H groups in total. The van der Waals surface area contributed by atoms with Crippen molar-refractivity contribution in [2.75, 3.05) is 19.7 Å². The minimum atomic E-state index is -4.12. The number of sulfonamides is 1. The van der Waals surface area contributed by atoms with Gasteiger partial charge in [0.25, 0.3) is 0 Å². The van der Waals surface area contributed by atoms with Crippen LogP contribution in [0, 0.1) is 5.82 Å². The summed E-state index contributed by atoms with van der Waals surface area (Å²) in [6.45, 7) is -0.0578. The van der Waals surface area contributed by atoms with E-state index in [2.05, 4.69) is 0 Å². The van der Waals surface area contributed by atoms with Crippen LogP contribution in [0.3, 0.4) is 0 Å². The summed E-state index contributed by atoms with van der Waals surface area (Å²) in [5.74, 6) is -0.949. The summed E-state index contributed by atoms with van der Waals surface area (Å²) in [5.41, 5.74) is 0.987. The molecular weight excluding hydrogens is 583 g/mol. The first kappa shape index (κ1) is 29.7. The van der Waals surface area contributed by atoms with E-state index in [1.54, 1.807) is 54.6 Å². The van der Waals surface area contributed by atoms with Crippen molar-refractivity contribution in [1.82, 2.24) is 9.21 Å². The zero-order chi connectivity index (χ0) is 30.7. The van der Waals surface area contributed by atoms with Crippen LogP contribution in [0.1, 0.15) is 24.0 Å². The van der Waals surface area contributed by atoms with E-state index in [4.69, 9.17) is 9.15 Å². The topological polar surface area (TPSA) is 97.1 Å². The Morgan fingerprint density at radius 2 is 1.66 bits per heavy atom. The monoisotopic (exact) mass is 614 g/mol. The fourth-order valence-corrected chi connectivity index (χ4v) is 6.92. The molecule has 6 rings (SSSR count). The van der Waals surface area contributed by atoms with Crippen LogP contribution in [-0.4, -0.2) is 49.3 Å². The van der Waals surface area contributed by atoms with Gasteiger partial charge in [0.05, 0.1) is 41.3 Å². The number of halogens is 1. The molecule has 226 valence electrons. The van der Waals surface area contributed by atoms with Crippen LogP contribution in [0.25, 0.3) is 21.7 Å². The van der Waals surface area contributed by atoms with E-state index >= 15 is 0 Å². The lowest BCUT2D eigenvalue weighted by Gasteiger charge is -2.28. The zero-order valence-electron chi connectivity index (χ0n) is 23.9. The maximum atomic E-state index is 14.1. The summed E-state index contributed by atoms with van der Waals surface area (Å²) in [7, 11) is -4.12. The molecule has 0 bridgehead atoms. The molecule has 1 aliphatic rings. The molecule has 1 amide bonds. The van der Waals surface area contributed by atoms with Crippen LogP contribution in [0.15, 0.2) is 111 Å². The normalized spacial score (nSPS) is 15.3. The Morgan fingerprint density at radius 3 is 2.43 bits per heavy atom. The second-order valence-electron chi connectivity index (χ2n) is 10.9. The Kier molecular flexibility index (Phi) is 8.56. The maximum Gasteiger partial charge on any atom is 0.243 e. The fraction of sp³-hybridized carbons (Fsp3) is 0.235. The van der Waals surface area contributed by atoms with Gasteiger partial charge in [-0.15, -0.1) is 0 Å². The van der Waals surface area contributed by atoms with Gasteiger partial charge in [0.1, 0.15) is 11.4 Å². The van der Waals surface area contributed by atoms with Gasteiger partial charge in [-0.3, -0.25) is 9.59 Å². The first-order valence-corrected chi connectivity index (χ1v) is 15.8. The van der Waals surface area contributed by atoms with Gasteiger partial charge in [-0.25, -0.2) is 12.8 Å². The van der Waals surface area contributed by atoms with Gasteiger partial charge < -0.3 is 14.1 Å². The van der Waals surface area contributed by atoms with Crippen LogP contribution < -0.4 is 5.43 Å². The number of nitrogens with zero attached hydrogens (tertiary/aromatic N) is 2. The summed E-state index contributed by atoms with van der Waals surface area (Å²) in [6.07, 6.45) is 2.45. The Hall–Kier alpha value is -4.38. The number of ether oxygens (including phenoxy) is 1. The second-order valence-corrected chi connectivity index (χ2v) is 12.8. The van der Waals surface area contributed by atoms with Gasteiger partial charge in [-0.1, -0.05) is 54.6 Å². The summed E-state index contributed by atoms with van der Waals surface area (Å²) < 4.78 is 54.4. The van der Waals surface area contributed by atoms with Crippen molar-refractivity contribution in [1.29, 1.82) is 0 Å². The lowest BCUT2D eigenvalue weighted by Crippen LogP contribution is -2.45. The molecule has 1 saturated heterocycles. The van der Waals surface area contributed by atoms with Crippen LogP contribution in [-0.2, 0) is 32.6 Å². The first-order valence-electron chi connectivity index (χ1n) is 14.4. The van der Waals surface area contributed by atoms with Gasteiger partial charge >= 0.3 is 0 Å². The number of rotatable bonds is 10. The molecular formula is C34H31FN2O6S. The maximum absolute atomic E-state index is 14.1. The number of hydrogen-bond acceptors (Lipinski definition) is 6. The third-order valence-electron chi connectivity index (χ3n) is 7.85. The zero-order valence-corrected chi connectivity index (χ0v) is 24.7. The Balaban J connectivity index is 1.34. The molecule has 0 saturated carbocycles. The van der Waals surface area contributed by atoms with E-state index in [0.717, 1.165) is 21.5 Å². The highest BCUT2D eigenvalue weighted by Crippen LogP contribution is 2.25. The van der Waals surface area contributed by atoms with Crippen molar-refractivity contribution < 1.29 is 26.8 Å². The summed E-state index contributed by atoms with van der Waals surface area (Å²) in [4.78, 5) is 28.8. The predicted molar refractivity (Wildman–Crippen MR) is 165 cm³/mol.